The zero-order valence-corrected chi connectivity index (χ0v) is 9.80. The van der Waals surface area contributed by atoms with Gasteiger partial charge in [-0.3, -0.25) is 4.79 Å². The largest absolute Gasteiger partial charge is 0.341 e. The van der Waals surface area contributed by atoms with Crippen LogP contribution in [0, 0.1) is 17.2 Å². The normalized spacial score (nSPS) is 19.7. The lowest BCUT2D eigenvalue weighted by atomic mass is 9.99. The number of carbonyl (C=O) groups excluding carboxylic acids is 1. The summed E-state index contributed by atoms with van der Waals surface area (Å²) in [7, 11) is 0. The average molecular weight is 228 g/mol. The first-order valence-electron chi connectivity index (χ1n) is 6.01. The van der Waals surface area contributed by atoms with Crippen molar-refractivity contribution in [2.75, 3.05) is 13.1 Å². The van der Waals surface area contributed by atoms with Crippen LogP contribution in [-0.2, 0) is 11.2 Å². The fraction of sp³-hybridized carbons (Fsp3) is 0.429. The summed E-state index contributed by atoms with van der Waals surface area (Å²) in [4.78, 5) is 13.9. The Morgan fingerprint density at radius 3 is 2.88 bits per heavy atom. The third-order valence-corrected chi connectivity index (χ3v) is 3.15. The minimum absolute atomic E-state index is 0.0171. The van der Waals surface area contributed by atoms with Crippen molar-refractivity contribution in [3.8, 4) is 6.07 Å². The molecule has 1 aromatic carbocycles. The molecule has 0 saturated carbocycles. The SMILES string of the molecule is N#CC1CCCN(C(=O)Cc2ccccc2)C1. The maximum absolute atomic E-state index is 12.0. The van der Waals surface area contributed by atoms with Gasteiger partial charge in [-0.2, -0.15) is 5.26 Å². The van der Waals surface area contributed by atoms with Gasteiger partial charge in [-0.25, -0.2) is 0 Å². The van der Waals surface area contributed by atoms with Crippen molar-refractivity contribution in [1.29, 1.82) is 5.26 Å². The summed E-state index contributed by atoms with van der Waals surface area (Å²) in [5, 5.41) is 8.89. The zero-order valence-electron chi connectivity index (χ0n) is 9.80. The van der Waals surface area contributed by atoms with Crippen molar-refractivity contribution in [2.45, 2.75) is 19.3 Å². The maximum Gasteiger partial charge on any atom is 0.227 e. The summed E-state index contributed by atoms with van der Waals surface area (Å²) in [6.07, 6.45) is 2.31. The first kappa shape index (κ1) is 11.7. The van der Waals surface area contributed by atoms with Crippen molar-refractivity contribution in [3.05, 3.63) is 35.9 Å². The highest BCUT2D eigenvalue weighted by Gasteiger charge is 2.23. The molecule has 1 aliphatic rings. The molecule has 1 atom stereocenters. The summed E-state index contributed by atoms with van der Waals surface area (Å²) >= 11 is 0. The third-order valence-electron chi connectivity index (χ3n) is 3.15. The van der Waals surface area contributed by atoms with E-state index in [-0.39, 0.29) is 11.8 Å². The lowest BCUT2D eigenvalue weighted by molar-refractivity contribution is -0.131. The van der Waals surface area contributed by atoms with E-state index >= 15 is 0 Å². The van der Waals surface area contributed by atoms with E-state index in [0.717, 1.165) is 24.9 Å². The number of nitriles is 1. The van der Waals surface area contributed by atoms with Gasteiger partial charge in [0.2, 0.25) is 5.91 Å². The quantitative estimate of drug-likeness (QED) is 0.777. The van der Waals surface area contributed by atoms with Crippen LogP contribution in [0.1, 0.15) is 18.4 Å². The van der Waals surface area contributed by atoms with Gasteiger partial charge in [0.1, 0.15) is 0 Å². The molecule has 1 fully saturated rings. The van der Waals surface area contributed by atoms with E-state index in [2.05, 4.69) is 6.07 Å². The smallest absolute Gasteiger partial charge is 0.227 e. The molecular formula is C14H16N2O. The Labute approximate surface area is 102 Å². The standard InChI is InChI=1S/C14H16N2O/c15-10-13-7-4-8-16(11-13)14(17)9-12-5-2-1-3-6-12/h1-3,5-6,13H,4,7-9,11H2. The van der Waals surface area contributed by atoms with Gasteiger partial charge in [-0.1, -0.05) is 30.3 Å². The van der Waals surface area contributed by atoms with E-state index in [9.17, 15) is 4.79 Å². The lowest BCUT2D eigenvalue weighted by Gasteiger charge is -2.29. The highest BCUT2D eigenvalue weighted by atomic mass is 16.2. The molecule has 17 heavy (non-hydrogen) atoms. The van der Waals surface area contributed by atoms with Crippen LogP contribution in [-0.4, -0.2) is 23.9 Å². The first-order chi connectivity index (χ1) is 8.29. The maximum atomic E-state index is 12.0. The highest BCUT2D eigenvalue weighted by Crippen LogP contribution is 2.16. The fourth-order valence-electron chi connectivity index (χ4n) is 2.19. The molecule has 1 aromatic rings. The third kappa shape index (κ3) is 3.07. The van der Waals surface area contributed by atoms with Crippen LogP contribution in [0.4, 0.5) is 0 Å². The van der Waals surface area contributed by atoms with Crippen LogP contribution < -0.4 is 0 Å². The van der Waals surface area contributed by atoms with E-state index in [1.807, 2.05) is 35.2 Å². The van der Waals surface area contributed by atoms with Gasteiger partial charge < -0.3 is 4.90 Å². The number of carbonyl (C=O) groups is 1. The number of nitrogens with zero attached hydrogens (tertiary/aromatic N) is 2. The Morgan fingerprint density at radius 1 is 1.41 bits per heavy atom. The Hall–Kier alpha value is -1.82. The van der Waals surface area contributed by atoms with Gasteiger partial charge >= 0.3 is 0 Å². The second-order valence-corrected chi connectivity index (χ2v) is 4.47. The van der Waals surface area contributed by atoms with Crippen molar-refractivity contribution >= 4 is 5.91 Å². The lowest BCUT2D eigenvalue weighted by Crippen LogP contribution is -2.40. The second kappa shape index (κ2) is 5.49. The molecule has 0 spiro atoms. The predicted octanol–water partition coefficient (Wildman–Crippen LogP) is 1.99. The second-order valence-electron chi connectivity index (χ2n) is 4.47. The molecular weight excluding hydrogens is 212 g/mol. The van der Waals surface area contributed by atoms with Gasteiger partial charge in [-0.15, -0.1) is 0 Å². The van der Waals surface area contributed by atoms with Gasteiger partial charge in [0.25, 0.3) is 0 Å². The number of amides is 1. The van der Waals surface area contributed by atoms with E-state index in [1.54, 1.807) is 0 Å². The molecule has 0 aliphatic carbocycles. The van der Waals surface area contributed by atoms with E-state index in [0.29, 0.717) is 13.0 Å². The number of likely N-dealkylation sites (tertiary alicyclic amines) is 1. The molecule has 0 bridgehead atoms. The number of piperidine rings is 1. The van der Waals surface area contributed by atoms with Gasteiger partial charge in [0.05, 0.1) is 18.4 Å². The summed E-state index contributed by atoms with van der Waals surface area (Å²) < 4.78 is 0. The number of hydrogen-bond donors (Lipinski definition) is 0. The van der Waals surface area contributed by atoms with E-state index in [4.69, 9.17) is 5.26 Å². The van der Waals surface area contributed by atoms with Crippen molar-refractivity contribution in [2.24, 2.45) is 5.92 Å². The molecule has 0 aromatic heterocycles. The molecule has 3 heteroatoms. The molecule has 1 saturated heterocycles. The average Bonchev–Trinajstić information content (AvgIpc) is 2.40. The molecule has 1 aliphatic heterocycles. The van der Waals surface area contributed by atoms with Crippen LogP contribution in [0.2, 0.25) is 0 Å². The van der Waals surface area contributed by atoms with Gasteiger partial charge in [-0.05, 0) is 18.4 Å². The molecule has 1 unspecified atom stereocenters. The van der Waals surface area contributed by atoms with Gasteiger partial charge in [0, 0.05) is 13.1 Å². The van der Waals surface area contributed by atoms with Crippen molar-refractivity contribution in [1.82, 2.24) is 4.90 Å². The summed E-state index contributed by atoms with van der Waals surface area (Å²) in [6.45, 7) is 1.39. The van der Waals surface area contributed by atoms with Crippen LogP contribution in [0.3, 0.4) is 0 Å². The van der Waals surface area contributed by atoms with E-state index in [1.165, 1.54) is 0 Å². The first-order valence-corrected chi connectivity index (χ1v) is 6.01. The molecule has 88 valence electrons. The number of hydrogen-bond acceptors (Lipinski definition) is 2. The highest BCUT2D eigenvalue weighted by molar-refractivity contribution is 5.78. The van der Waals surface area contributed by atoms with Gasteiger partial charge in [0.15, 0.2) is 0 Å². The van der Waals surface area contributed by atoms with Crippen LogP contribution >= 0.6 is 0 Å². The van der Waals surface area contributed by atoms with Crippen LogP contribution in [0.25, 0.3) is 0 Å². The molecule has 3 nitrogen and oxygen atoms in total. The van der Waals surface area contributed by atoms with Crippen LogP contribution in [0.5, 0.6) is 0 Å². The molecule has 2 rings (SSSR count). The molecule has 1 amide bonds. The Bertz CT molecular complexity index is 422. The zero-order chi connectivity index (χ0) is 12.1. The number of benzene rings is 1. The molecule has 1 heterocycles. The Kier molecular flexibility index (Phi) is 3.77. The Balaban J connectivity index is 1.94. The fourth-order valence-corrected chi connectivity index (χ4v) is 2.19. The summed E-state index contributed by atoms with van der Waals surface area (Å²) in [5.41, 5.74) is 1.04. The monoisotopic (exact) mass is 228 g/mol. The minimum Gasteiger partial charge on any atom is -0.341 e. The van der Waals surface area contributed by atoms with Crippen molar-refractivity contribution < 1.29 is 4.79 Å². The summed E-state index contributed by atoms with van der Waals surface area (Å²) in [5.74, 6) is 0.152. The number of rotatable bonds is 2. The molecule has 0 radical (unpaired) electrons. The predicted molar refractivity (Wildman–Crippen MR) is 65.1 cm³/mol. The minimum atomic E-state index is 0.0171. The topological polar surface area (TPSA) is 44.1 Å². The van der Waals surface area contributed by atoms with E-state index < -0.39 is 0 Å². The Morgan fingerprint density at radius 2 is 2.18 bits per heavy atom. The van der Waals surface area contributed by atoms with Crippen molar-refractivity contribution in [3.63, 3.8) is 0 Å². The molecule has 0 N–H and O–H groups in total. The van der Waals surface area contributed by atoms with Crippen LogP contribution in [0.15, 0.2) is 30.3 Å². The summed E-state index contributed by atoms with van der Waals surface area (Å²) in [6, 6.07) is 12.0.